The molecule has 0 atom stereocenters. The summed E-state index contributed by atoms with van der Waals surface area (Å²) in [4.78, 5) is 9.74. The Bertz CT molecular complexity index is 1300. The van der Waals surface area contributed by atoms with Gasteiger partial charge in [0, 0.05) is 24.4 Å². The molecule has 0 amide bonds. The molecule has 0 N–H and O–H groups in total. The molecule has 0 saturated heterocycles. The van der Waals surface area contributed by atoms with Crippen molar-refractivity contribution in [1.82, 2.24) is 19.1 Å². The molecular formula is C27H31N5. The van der Waals surface area contributed by atoms with E-state index in [0.29, 0.717) is 0 Å². The van der Waals surface area contributed by atoms with Gasteiger partial charge in [0.1, 0.15) is 17.4 Å². The molecule has 0 radical (unpaired) electrons. The number of imidazole rings is 1. The maximum atomic E-state index is 9.68. The van der Waals surface area contributed by atoms with Crippen molar-refractivity contribution < 1.29 is 0 Å². The number of pyridine rings is 1. The van der Waals surface area contributed by atoms with Crippen molar-refractivity contribution in [3.05, 3.63) is 70.3 Å². The number of benzene rings is 1. The number of aromatic nitrogens is 4. The van der Waals surface area contributed by atoms with E-state index in [2.05, 4.69) is 73.2 Å². The van der Waals surface area contributed by atoms with Crippen LogP contribution in [0.1, 0.15) is 61.1 Å². The van der Waals surface area contributed by atoms with Gasteiger partial charge in [0.05, 0.1) is 17.8 Å². The molecule has 0 aliphatic heterocycles. The first-order chi connectivity index (χ1) is 15.5. The number of rotatable bonds is 7. The van der Waals surface area contributed by atoms with Crippen LogP contribution in [0.2, 0.25) is 0 Å². The predicted octanol–water partition coefficient (Wildman–Crippen LogP) is 5.97. The maximum absolute atomic E-state index is 9.68. The van der Waals surface area contributed by atoms with Crippen molar-refractivity contribution >= 4 is 11.2 Å². The van der Waals surface area contributed by atoms with Crippen LogP contribution in [-0.2, 0) is 25.9 Å². The first-order valence-electron chi connectivity index (χ1n) is 11.6. The van der Waals surface area contributed by atoms with E-state index in [9.17, 15) is 5.26 Å². The summed E-state index contributed by atoms with van der Waals surface area (Å²) >= 11 is 0. The lowest BCUT2D eigenvalue weighted by Gasteiger charge is -2.12. The fourth-order valence-corrected chi connectivity index (χ4v) is 4.63. The molecule has 4 rings (SSSR count). The fourth-order valence-electron chi connectivity index (χ4n) is 4.63. The van der Waals surface area contributed by atoms with Crippen LogP contribution in [-0.4, -0.2) is 19.1 Å². The van der Waals surface area contributed by atoms with Gasteiger partial charge in [-0.15, -0.1) is 0 Å². The first kappa shape index (κ1) is 21.8. The number of hydrogen-bond acceptors (Lipinski definition) is 3. The van der Waals surface area contributed by atoms with E-state index < -0.39 is 0 Å². The van der Waals surface area contributed by atoms with E-state index >= 15 is 0 Å². The zero-order chi connectivity index (χ0) is 22.8. The lowest BCUT2D eigenvalue weighted by Crippen LogP contribution is -2.06. The molecule has 0 aliphatic rings. The van der Waals surface area contributed by atoms with Gasteiger partial charge in [0.25, 0.3) is 0 Å². The van der Waals surface area contributed by atoms with Gasteiger partial charge in [-0.25, -0.2) is 9.97 Å². The molecule has 0 bridgehead atoms. The molecule has 3 aromatic heterocycles. The summed E-state index contributed by atoms with van der Waals surface area (Å²) < 4.78 is 4.52. The van der Waals surface area contributed by atoms with E-state index in [4.69, 9.17) is 9.97 Å². The van der Waals surface area contributed by atoms with Crippen molar-refractivity contribution in [2.45, 2.75) is 67.0 Å². The number of nitrogens with zero attached hydrogens (tertiary/aromatic N) is 5. The maximum Gasteiger partial charge on any atom is 0.160 e. The van der Waals surface area contributed by atoms with Crippen molar-refractivity contribution in [2.24, 2.45) is 0 Å². The lowest BCUT2D eigenvalue weighted by molar-refractivity contribution is 0.715. The molecule has 5 nitrogen and oxygen atoms in total. The zero-order valence-corrected chi connectivity index (χ0v) is 19.7. The van der Waals surface area contributed by atoms with Crippen molar-refractivity contribution in [1.29, 1.82) is 5.26 Å². The smallest absolute Gasteiger partial charge is 0.160 e. The summed E-state index contributed by atoms with van der Waals surface area (Å²) in [7, 11) is 0. The van der Waals surface area contributed by atoms with Crippen LogP contribution in [0.5, 0.6) is 0 Å². The average molecular weight is 426 g/mol. The van der Waals surface area contributed by atoms with Gasteiger partial charge in [-0.05, 0) is 62.4 Å². The molecule has 0 aliphatic carbocycles. The molecule has 32 heavy (non-hydrogen) atoms. The summed E-state index contributed by atoms with van der Waals surface area (Å²) in [5, 5.41) is 9.68. The van der Waals surface area contributed by atoms with E-state index in [1.54, 1.807) is 0 Å². The molecule has 3 heterocycles. The number of fused-ring (bicyclic) bond motifs is 1. The second-order valence-corrected chi connectivity index (χ2v) is 8.42. The lowest BCUT2D eigenvalue weighted by atomic mass is 10.1. The zero-order valence-electron chi connectivity index (χ0n) is 19.7. The van der Waals surface area contributed by atoms with E-state index in [1.165, 1.54) is 16.8 Å². The summed E-state index contributed by atoms with van der Waals surface area (Å²) in [5.41, 5.74) is 9.42. The van der Waals surface area contributed by atoms with Crippen molar-refractivity contribution in [3.8, 4) is 17.3 Å². The molecule has 4 aromatic rings. The fraction of sp³-hybridized carbons (Fsp3) is 0.370. The number of nitriles is 1. The van der Waals surface area contributed by atoms with Gasteiger partial charge < -0.3 is 9.13 Å². The summed E-state index contributed by atoms with van der Waals surface area (Å²) in [6.45, 7) is 12.2. The highest BCUT2D eigenvalue weighted by molar-refractivity contribution is 5.76. The van der Waals surface area contributed by atoms with Gasteiger partial charge in [0.15, 0.2) is 5.65 Å². The van der Waals surface area contributed by atoms with Crippen LogP contribution in [0.25, 0.3) is 22.4 Å². The normalized spacial score (nSPS) is 11.2. The molecule has 0 unspecified atom stereocenters. The largest absolute Gasteiger partial charge is 0.344 e. The summed E-state index contributed by atoms with van der Waals surface area (Å²) in [6.07, 6.45) is 2.90. The average Bonchev–Trinajstić information content (AvgIpc) is 3.33. The van der Waals surface area contributed by atoms with Gasteiger partial charge in [-0.3, -0.25) is 0 Å². The highest BCUT2D eigenvalue weighted by Crippen LogP contribution is 2.29. The summed E-state index contributed by atoms with van der Waals surface area (Å²) in [6, 6.07) is 15.1. The second-order valence-electron chi connectivity index (χ2n) is 8.42. The molecule has 0 fully saturated rings. The van der Waals surface area contributed by atoms with Crippen molar-refractivity contribution in [2.75, 3.05) is 0 Å². The third kappa shape index (κ3) is 3.82. The highest BCUT2D eigenvalue weighted by Gasteiger charge is 2.17. The SMILES string of the molecule is CCCc1nc2c(C)cc(C)nc2n1Cc1ccc(-c2c(C#N)cc(CC)n2CC)cc1. The van der Waals surface area contributed by atoms with Gasteiger partial charge in [0.2, 0.25) is 0 Å². The minimum absolute atomic E-state index is 0.738. The van der Waals surface area contributed by atoms with Crippen LogP contribution < -0.4 is 0 Å². The molecule has 5 heteroatoms. The Morgan fingerprint density at radius 2 is 1.72 bits per heavy atom. The van der Waals surface area contributed by atoms with E-state index in [-0.39, 0.29) is 0 Å². The van der Waals surface area contributed by atoms with E-state index in [0.717, 1.165) is 71.9 Å². The van der Waals surface area contributed by atoms with Gasteiger partial charge >= 0.3 is 0 Å². The van der Waals surface area contributed by atoms with Crippen LogP contribution in [0.3, 0.4) is 0 Å². The molecule has 164 valence electrons. The molecule has 0 saturated carbocycles. The first-order valence-corrected chi connectivity index (χ1v) is 11.6. The highest BCUT2D eigenvalue weighted by atomic mass is 15.1. The minimum Gasteiger partial charge on any atom is -0.344 e. The Labute approximate surface area is 190 Å². The second kappa shape index (κ2) is 9.00. The Morgan fingerprint density at radius 3 is 2.34 bits per heavy atom. The predicted molar refractivity (Wildman–Crippen MR) is 130 cm³/mol. The van der Waals surface area contributed by atoms with Crippen LogP contribution in [0.4, 0.5) is 0 Å². The number of aryl methyl sites for hydroxylation is 4. The van der Waals surface area contributed by atoms with Gasteiger partial charge in [-0.1, -0.05) is 38.1 Å². The standard InChI is InChI=1S/C27H31N5/c1-6-9-24-30-25-18(4)14-19(5)29-27(25)32(24)17-20-10-12-21(13-11-20)26-22(16-28)15-23(7-2)31(26)8-3/h10-15H,6-9,17H2,1-5H3. The monoisotopic (exact) mass is 425 g/mol. The Kier molecular flexibility index (Phi) is 6.14. The Hall–Kier alpha value is -3.39. The molecular weight excluding hydrogens is 394 g/mol. The quantitative estimate of drug-likeness (QED) is 0.366. The van der Waals surface area contributed by atoms with Crippen LogP contribution in [0, 0.1) is 25.2 Å². The Balaban J connectivity index is 1.73. The third-order valence-electron chi connectivity index (χ3n) is 6.12. The van der Waals surface area contributed by atoms with Crippen LogP contribution in [0.15, 0.2) is 36.4 Å². The minimum atomic E-state index is 0.738. The molecule has 0 spiro atoms. The van der Waals surface area contributed by atoms with Crippen molar-refractivity contribution in [3.63, 3.8) is 0 Å². The third-order valence-corrected chi connectivity index (χ3v) is 6.12. The molecule has 1 aromatic carbocycles. The van der Waals surface area contributed by atoms with E-state index in [1.807, 2.05) is 13.0 Å². The van der Waals surface area contributed by atoms with Crippen LogP contribution >= 0.6 is 0 Å². The summed E-state index contributed by atoms with van der Waals surface area (Å²) in [5.74, 6) is 1.09. The Morgan fingerprint density at radius 1 is 0.969 bits per heavy atom. The topological polar surface area (TPSA) is 59.4 Å². The van der Waals surface area contributed by atoms with Gasteiger partial charge in [-0.2, -0.15) is 5.26 Å². The number of hydrogen-bond donors (Lipinski definition) is 0.